The summed E-state index contributed by atoms with van der Waals surface area (Å²) in [6.45, 7) is 6.41. The van der Waals surface area contributed by atoms with Gasteiger partial charge in [-0.1, -0.05) is 63.2 Å². The Morgan fingerprint density at radius 2 is 1.78 bits per heavy atom. The minimum absolute atomic E-state index is 0.0853. The van der Waals surface area contributed by atoms with Crippen molar-refractivity contribution in [1.29, 1.82) is 0 Å². The van der Waals surface area contributed by atoms with Crippen molar-refractivity contribution >= 4 is 22.3 Å². The SMILES string of the molecule is CC1(C)[C@H]2CC[C@@]1(C)C(=O)C2=C(O)c1cccc2ccccc12. The average Bonchev–Trinajstić information content (AvgIpc) is 2.86. The highest BCUT2D eigenvalue weighted by molar-refractivity contribution is 6.10. The average molecular weight is 306 g/mol. The monoisotopic (exact) mass is 306 g/mol. The van der Waals surface area contributed by atoms with E-state index in [9.17, 15) is 9.90 Å². The van der Waals surface area contributed by atoms with Gasteiger partial charge in [-0.05, 0) is 34.9 Å². The van der Waals surface area contributed by atoms with Crippen molar-refractivity contribution in [2.24, 2.45) is 16.7 Å². The van der Waals surface area contributed by atoms with Gasteiger partial charge in [-0.15, -0.1) is 0 Å². The van der Waals surface area contributed by atoms with Crippen molar-refractivity contribution in [3.63, 3.8) is 0 Å². The molecule has 2 heteroatoms. The highest BCUT2D eigenvalue weighted by Crippen LogP contribution is 2.66. The number of aliphatic hydroxyl groups excluding tert-OH is 1. The zero-order chi connectivity index (χ0) is 16.4. The Morgan fingerprint density at radius 3 is 2.48 bits per heavy atom. The summed E-state index contributed by atoms with van der Waals surface area (Å²) in [6.07, 6.45) is 1.91. The molecule has 1 N–H and O–H groups in total. The van der Waals surface area contributed by atoms with Gasteiger partial charge in [0.15, 0.2) is 5.78 Å². The molecule has 2 aliphatic rings. The molecule has 0 radical (unpaired) electrons. The van der Waals surface area contributed by atoms with Gasteiger partial charge in [0.25, 0.3) is 0 Å². The Bertz CT molecular complexity index is 854. The highest BCUT2D eigenvalue weighted by Gasteiger charge is 2.65. The minimum Gasteiger partial charge on any atom is -0.507 e. The second kappa shape index (κ2) is 4.47. The molecule has 0 heterocycles. The Kier molecular flexibility index (Phi) is 2.82. The van der Waals surface area contributed by atoms with Gasteiger partial charge in [-0.2, -0.15) is 0 Å². The van der Waals surface area contributed by atoms with Gasteiger partial charge < -0.3 is 5.11 Å². The molecule has 2 aliphatic carbocycles. The molecule has 2 nitrogen and oxygen atoms in total. The lowest BCUT2D eigenvalue weighted by Gasteiger charge is -2.31. The summed E-state index contributed by atoms with van der Waals surface area (Å²) < 4.78 is 0. The van der Waals surface area contributed by atoms with Gasteiger partial charge in [0.2, 0.25) is 0 Å². The Morgan fingerprint density at radius 1 is 1.09 bits per heavy atom. The van der Waals surface area contributed by atoms with E-state index in [0.717, 1.165) is 29.2 Å². The summed E-state index contributed by atoms with van der Waals surface area (Å²) in [7, 11) is 0. The van der Waals surface area contributed by atoms with Crippen molar-refractivity contribution in [2.45, 2.75) is 33.6 Å². The van der Waals surface area contributed by atoms with Crippen LogP contribution in [0.3, 0.4) is 0 Å². The summed E-state index contributed by atoms with van der Waals surface area (Å²) in [6, 6.07) is 13.9. The van der Waals surface area contributed by atoms with E-state index in [1.54, 1.807) is 0 Å². The summed E-state index contributed by atoms with van der Waals surface area (Å²) in [5.41, 5.74) is 1.00. The number of carbonyl (C=O) groups excluding carboxylic acids is 1. The molecule has 0 spiro atoms. The summed E-state index contributed by atoms with van der Waals surface area (Å²) in [5.74, 6) is 0.483. The summed E-state index contributed by atoms with van der Waals surface area (Å²) in [4.78, 5) is 13.0. The van der Waals surface area contributed by atoms with Crippen LogP contribution in [0.4, 0.5) is 0 Å². The molecule has 0 saturated heterocycles. The highest BCUT2D eigenvalue weighted by atomic mass is 16.3. The Hall–Kier alpha value is -2.09. The van der Waals surface area contributed by atoms with Gasteiger partial charge >= 0.3 is 0 Å². The molecule has 2 aromatic rings. The molecule has 2 fully saturated rings. The third kappa shape index (κ3) is 1.67. The van der Waals surface area contributed by atoms with E-state index < -0.39 is 0 Å². The van der Waals surface area contributed by atoms with Gasteiger partial charge in [0.1, 0.15) is 5.76 Å². The lowest BCUT2D eigenvalue weighted by atomic mass is 9.70. The molecule has 2 aromatic carbocycles. The molecule has 0 amide bonds. The van der Waals surface area contributed by atoms with E-state index in [1.165, 1.54) is 0 Å². The maximum Gasteiger partial charge on any atom is 0.169 e. The van der Waals surface area contributed by atoms with Gasteiger partial charge in [-0.25, -0.2) is 0 Å². The smallest absolute Gasteiger partial charge is 0.169 e. The number of aliphatic hydroxyl groups is 1. The van der Waals surface area contributed by atoms with Crippen LogP contribution in [0.1, 0.15) is 39.2 Å². The van der Waals surface area contributed by atoms with Crippen molar-refractivity contribution in [3.8, 4) is 0 Å². The van der Waals surface area contributed by atoms with E-state index >= 15 is 0 Å². The van der Waals surface area contributed by atoms with Crippen LogP contribution in [0, 0.1) is 16.7 Å². The molecule has 0 aliphatic heterocycles. The minimum atomic E-state index is -0.342. The van der Waals surface area contributed by atoms with E-state index in [4.69, 9.17) is 0 Å². The zero-order valence-electron chi connectivity index (χ0n) is 13.9. The Balaban J connectivity index is 1.97. The van der Waals surface area contributed by atoms with E-state index in [-0.39, 0.29) is 28.3 Å². The second-order valence-electron chi connectivity index (χ2n) is 7.76. The van der Waals surface area contributed by atoms with E-state index in [2.05, 4.69) is 20.8 Å². The van der Waals surface area contributed by atoms with Gasteiger partial charge in [-0.3, -0.25) is 4.79 Å². The van der Waals surface area contributed by atoms with E-state index in [0.29, 0.717) is 5.57 Å². The molecule has 2 saturated carbocycles. The van der Waals surface area contributed by atoms with Crippen LogP contribution in [-0.2, 0) is 4.79 Å². The molecule has 118 valence electrons. The third-order valence-corrected chi connectivity index (χ3v) is 6.62. The molecule has 0 aromatic heterocycles. The number of hydrogen-bond acceptors (Lipinski definition) is 2. The number of ketones is 1. The van der Waals surface area contributed by atoms with Crippen LogP contribution in [0.15, 0.2) is 48.0 Å². The first-order chi connectivity index (χ1) is 10.9. The summed E-state index contributed by atoms with van der Waals surface area (Å²) in [5, 5.41) is 13.1. The van der Waals surface area contributed by atoms with Crippen LogP contribution >= 0.6 is 0 Å². The number of benzene rings is 2. The molecular formula is C21H22O2. The number of fused-ring (bicyclic) bond motifs is 3. The number of Topliss-reactive ketones (excluding diaryl/α,β-unsaturated/α-hetero) is 1. The fourth-order valence-electron chi connectivity index (χ4n) is 4.72. The number of hydrogen-bond donors (Lipinski definition) is 1. The molecule has 0 unspecified atom stereocenters. The first-order valence-corrected chi connectivity index (χ1v) is 8.34. The van der Waals surface area contributed by atoms with E-state index in [1.807, 2.05) is 42.5 Å². The molecule has 2 atom stereocenters. The fourth-order valence-corrected chi connectivity index (χ4v) is 4.72. The number of rotatable bonds is 1. The van der Waals surface area contributed by atoms with Crippen LogP contribution in [0.2, 0.25) is 0 Å². The van der Waals surface area contributed by atoms with Gasteiger partial charge in [0.05, 0.1) is 0 Å². The van der Waals surface area contributed by atoms with Crippen LogP contribution < -0.4 is 0 Å². The van der Waals surface area contributed by atoms with Crippen LogP contribution in [0.25, 0.3) is 16.5 Å². The van der Waals surface area contributed by atoms with Crippen LogP contribution in [-0.4, -0.2) is 10.9 Å². The topological polar surface area (TPSA) is 37.3 Å². The molecular weight excluding hydrogens is 284 g/mol. The quantitative estimate of drug-likeness (QED) is 0.585. The predicted molar refractivity (Wildman–Crippen MR) is 93.1 cm³/mol. The van der Waals surface area contributed by atoms with Crippen molar-refractivity contribution in [1.82, 2.24) is 0 Å². The fraction of sp³-hybridized carbons (Fsp3) is 0.381. The zero-order valence-corrected chi connectivity index (χ0v) is 13.9. The lowest BCUT2D eigenvalue weighted by Crippen LogP contribution is -2.32. The lowest BCUT2D eigenvalue weighted by molar-refractivity contribution is -0.125. The maximum absolute atomic E-state index is 13.0. The Labute approximate surface area is 136 Å². The largest absolute Gasteiger partial charge is 0.507 e. The van der Waals surface area contributed by atoms with Crippen LogP contribution in [0.5, 0.6) is 0 Å². The predicted octanol–water partition coefficient (Wildman–Crippen LogP) is 5.13. The normalized spacial score (nSPS) is 30.9. The third-order valence-electron chi connectivity index (χ3n) is 6.62. The second-order valence-corrected chi connectivity index (χ2v) is 7.76. The first kappa shape index (κ1) is 14.5. The number of allylic oxidation sites excluding steroid dienone is 1. The number of carbonyl (C=O) groups is 1. The standard InChI is InChI=1S/C21H22O2/c1-20(2)16-11-12-21(20,3)19(23)17(16)18(22)15-10-6-8-13-7-4-5-9-14(13)15/h4-10,16,22H,11-12H2,1-3H3/t16-,21-/m0/s1. The molecule has 2 bridgehead atoms. The van der Waals surface area contributed by atoms with Gasteiger partial charge in [0, 0.05) is 16.6 Å². The van der Waals surface area contributed by atoms with Crippen molar-refractivity contribution < 1.29 is 9.90 Å². The van der Waals surface area contributed by atoms with Crippen molar-refractivity contribution in [2.75, 3.05) is 0 Å². The van der Waals surface area contributed by atoms with Crippen molar-refractivity contribution in [3.05, 3.63) is 53.6 Å². The first-order valence-electron chi connectivity index (χ1n) is 8.34. The summed E-state index contributed by atoms with van der Waals surface area (Å²) >= 11 is 0. The maximum atomic E-state index is 13.0. The molecule has 23 heavy (non-hydrogen) atoms. The molecule has 4 rings (SSSR count).